The number of carbonyl (C=O) groups is 1. The van der Waals surface area contributed by atoms with Gasteiger partial charge < -0.3 is 34.2 Å². The standard InChI is InChI=1S/C30H32Cl2N2O6/c1-30(25-9-4-21(31)17-26(25)32)39-19-24(40-30)18-38-23-7-5-22(6-8-23)33-12-14-34(15-13-33)29(37)11-3-20-2-10-27(35)28(36)16-20/h2,4-10,16-17,24,35-36H,3,11-15,18-19H2,1H3/t24?,30-/m0/s1. The van der Waals surface area contributed by atoms with Crippen molar-refractivity contribution in [3.63, 3.8) is 0 Å². The van der Waals surface area contributed by atoms with Crippen LogP contribution in [0.25, 0.3) is 0 Å². The average molecular weight is 588 g/mol. The number of phenolic OH excluding ortho intramolecular Hbond substituents is 2. The summed E-state index contributed by atoms with van der Waals surface area (Å²) < 4.78 is 18.1. The van der Waals surface area contributed by atoms with Gasteiger partial charge in [-0.1, -0.05) is 35.3 Å². The molecule has 212 valence electrons. The second-order valence-electron chi connectivity index (χ2n) is 10.1. The highest BCUT2D eigenvalue weighted by Crippen LogP contribution is 2.38. The summed E-state index contributed by atoms with van der Waals surface area (Å²) >= 11 is 12.4. The van der Waals surface area contributed by atoms with Gasteiger partial charge in [-0.15, -0.1) is 0 Å². The normalized spacial score (nSPS) is 21.0. The first-order valence-corrected chi connectivity index (χ1v) is 14.0. The number of hydrogen-bond donors (Lipinski definition) is 2. The minimum Gasteiger partial charge on any atom is -0.504 e. The van der Waals surface area contributed by atoms with Crippen LogP contribution >= 0.6 is 23.2 Å². The molecule has 5 rings (SSSR count). The number of hydrogen-bond acceptors (Lipinski definition) is 7. The van der Waals surface area contributed by atoms with Gasteiger partial charge >= 0.3 is 0 Å². The van der Waals surface area contributed by atoms with E-state index in [2.05, 4.69) is 4.90 Å². The van der Waals surface area contributed by atoms with Crippen LogP contribution in [0.2, 0.25) is 10.0 Å². The number of anilines is 1. The zero-order valence-electron chi connectivity index (χ0n) is 22.2. The lowest BCUT2D eigenvalue weighted by atomic mass is 10.1. The summed E-state index contributed by atoms with van der Waals surface area (Å²) in [5.41, 5.74) is 2.62. The first-order valence-electron chi connectivity index (χ1n) is 13.2. The molecule has 2 atom stereocenters. The molecule has 2 saturated heterocycles. The monoisotopic (exact) mass is 586 g/mol. The smallest absolute Gasteiger partial charge is 0.223 e. The Bertz CT molecular complexity index is 1350. The number of rotatable bonds is 8. The van der Waals surface area contributed by atoms with E-state index in [-0.39, 0.29) is 23.5 Å². The summed E-state index contributed by atoms with van der Waals surface area (Å²) in [6, 6.07) is 17.8. The van der Waals surface area contributed by atoms with Crippen LogP contribution in [-0.4, -0.2) is 66.5 Å². The van der Waals surface area contributed by atoms with Crippen molar-refractivity contribution in [2.75, 3.05) is 44.3 Å². The molecule has 8 nitrogen and oxygen atoms in total. The molecule has 0 aliphatic carbocycles. The van der Waals surface area contributed by atoms with Crippen LogP contribution in [0.1, 0.15) is 24.5 Å². The maximum Gasteiger partial charge on any atom is 0.223 e. The molecule has 0 saturated carbocycles. The minimum atomic E-state index is -0.961. The zero-order chi connectivity index (χ0) is 28.3. The lowest BCUT2D eigenvalue weighted by molar-refractivity contribution is -0.164. The highest BCUT2D eigenvalue weighted by molar-refractivity contribution is 6.35. The van der Waals surface area contributed by atoms with E-state index in [1.165, 1.54) is 12.1 Å². The van der Waals surface area contributed by atoms with Crippen LogP contribution in [0, 0.1) is 0 Å². The minimum absolute atomic E-state index is 0.0866. The highest BCUT2D eigenvalue weighted by Gasteiger charge is 2.40. The Kier molecular flexibility index (Phi) is 8.61. The predicted octanol–water partition coefficient (Wildman–Crippen LogP) is 5.35. The molecular weight excluding hydrogens is 555 g/mol. The van der Waals surface area contributed by atoms with Gasteiger partial charge in [0.25, 0.3) is 0 Å². The highest BCUT2D eigenvalue weighted by atomic mass is 35.5. The van der Waals surface area contributed by atoms with Gasteiger partial charge in [-0.05, 0) is 67.4 Å². The molecule has 1 unspecified atom stereocenters. The Morgan fingerprint density at radius 3 is 2.45 bits per heavy atom. The van der Waals surface area contributed by atoms with Crippen LogP contribution in [0.15, 0.2) is 60.7 Å². The number of aryl methyl sites for hydroxylation is 1. The van der Waals surface area contributed by atoms with Crippen molar-refractivity contribution in [1.82, 2.24) is 4.90 Å². The van der Waals surface area contributed by atoms with Gasteiger partial charge in [0.15, 0.2) is 17.3 Å². The lowest BCUT2D eigenvalue weighted by Gasteiger charge is -2.36. The van der Waals surface area contributed by atoms with Crippen LogP contribution < -0.4 is 9.64 Å². The molecule has 0 radical (unpaired) electrons. The van der Waals surface area contributed by atoms with Crippen molar-refractivity contribution in [2.45, 2.75) is 31.7 Å². The fraction of sp³-hybridized carbons (Fsp3) is 0.367. The quantitative estimate of drug-likeness (QED) is 0.344. The molecule has 40 heavy (non-hydrogen) atoms. The van der Waals surface area contributed by atoms with Gasteiger partial charge in [0.05, 0.1) is 11.6 Å². The number of carbonyl (C=O) groups excluding carboxylic acids is 1. The third-order valence-electron chi connectivity index (χ3n) is 7.29. The van der Waals surface area contributed by atoms with E-state index in [0.717, 1.165) is 35.7 Å². The summed E-state index contributed by atoms with van der Waals surface area (Å²) in [6.45, 7) is 5.33. The molecule has 2 aliphatic heterocycles. The SMILES string of the molecule is C[C@]1(c2ccc(Cl)cc2Cl)OCC(COc2ccc(N3CCN(C(=O)CCc4ccc(O)c(O)c4)CC3)cc2)O1. The van der Waals surface area contributed by atoms with Gasteiger partial charge in [0, 0.05) is 48.9 Å². The number of piperazine rings is 1. The topological polar surface area (TPSA) is 91.7 Å². The Labute approximate surface area is 243 Å². The Balaban J connectivity index is 1.06. The van der Waals surface area contributed by atoms with E-state index in [4.69, 9.17) is 37.4 Å². The molecule has 2 heterocycles. The van der Waals surface area contributed by atoms with E-state index >= 15 is 0 Å². The third-order valence-corrected chi connectivity index (χ3v) is 7.84. The molecule has 2 aliphatic rings. The first-order chi connectivity index (χ1) is 19.2. The number of ether oxygens (including phenoxy) is 3. The van der Waals surface area contributed by atoms with E-state index < -0.39 is 5.79 Å². The largest absolute Gasteiger partial charge is 0.504 e. The van der Waals surface area contributed by atoms with E-state index in [1.807, 2.05) is 42.2 Å². The lowest BCUT2D eigenvalue weighted by Crippen LogP contribution is -2.48. The number of benzene rings is 3. The number of phenols is 2. The number of amides is 1. The molecule has 10 heteroatoms. The maximum absolute atomic E-state index is 12.7. The van der Waals surface area contributed by atoms with Crippen LogP contribution in [0.4, 0.5) is 5.69 Å². The van der Waals surface area contributed by atoms with Crippen molar-refractivity contribution in [1.29, 1.82) is 0 Å². The Morgan fingerprint density at radius 2 is 1.75 bits per heavy atom. The maximum atomic E-state index is 12.7. The number of nitrogens with zero attached hydrogens (tertiary/aromatic N) is 2. The number of aromatic hydroxyl groups is 2. The molecule has 3 aromatic rings. The fourth-order valence-corrected chi connectivity index (χ4v) is 5.59. The average Bonchev–Trinajstić information content (AvgIpc) is 3.34. The van der Waals surface area contributed by atoms with Gasteiger partial charge in [0.2, 0.25) is 5.91 Å². The zero-order valence-corrected chi connectivity index (χ0v) is 23.7. The van der Waals surface area contributed by atoms with Crippen molar-refractivity contribution in [3.8, 4) is 17.2 Å². The van der Waals surface area contributed by atoms with Gasteiger partial charge in [-0.3, -0.25) is 4.79 Å². The molecule has 3 aromatic carbocycles. The van der Waals surface area contributed by atoms with Crippen molar-refractivity contribution in [2.24, 2.45) is 0 Å². The third kappa shape index (κ3) is 6.58. The summed E-state index contributed by atoms with van der Waals surface area (Å²) in [5.74, 6) is -0.467. The molecule has 2 N–H and O–H groups in total. The Hall–Kier alpha value is -3.17. The fourth-order valence-electron chi connectivity index (χ4n) is 5.01. The van der Waals surface area contributed by atoms with Crippen LogP contribution in [-0.2, 0) is 26.5 Å². The summed E-state index contributed by atoms with van der Waals surface area (Å²) in [6.07, 6.45) is 0.625. The predicted molar refractivity (Wildman–Crippen MR) is 153 cm³/mol. The van der Waals surface area contributed by atoms with Crippen LogP contribution in [0.5, 0.6) is 17.2 Å². The van der Waals surface area contributed by atoms with Gasteiger partial charge in [-0.25, -0.2) is 0 Å². The summed E-state index contributed by atoms with van der Waals surface area (Å²) in [7, 11) is 0. The van der Waals surface area contributed by atoms with E-state index in [1.54, 1.807) is 18.2 Å². The molecule has 0 spiro atoms. The number of halogens is 2. The molecule has 0 aromatic heterocycles. The van der Waals surface area contributed by atoms with Gasteiger partial charge in [-0.2, -0.15) is 0 Å². The Morgan fingerprint density at radius 1 is 1.00 bits per heavy atom. The first kappa shape index (κ1) is 28.4. The van der Waals surface area contributed by atoms with E-state index in [9.17, 15) is 15.0 Å². The summed E-state index contributed by atoms with van der Waals surface area (Å²) in [4.78, 5) is 16.8. The van der Waals surface area contributed by atoms with Crippen LogP contribution in [0.3, 0.4) is 0 Å². The summed E-state index contributed by atoms with van der Waals surface area (Å²) in [5, 5.41) is 20.1. The molecule has 1 amide bonds. The van der Waals surface area contributed by atoms with Crippen molar-refractivity contribution < 1.29 is 29.2 Å². The molecule has 0 bridgehead atoms. The van der Waals surface area contributed by atoms with Crippen molar-refractivity contribution in [3.05, 3.63) is 81.8 Å². The molecule has 2 fully saturated rings. The van der Waals surface area contributed by atoms with Gasteiger partial charge in [0.1, 0.15) is 18.5 Å². The second-order valence-corrected chi connectivity index (χ2v) is 11.0. The second kappa shape index (κ2) is 12.1. The molecular formula is C30H32Cl2N2O6. The van der Waals surface area contributed by atoms with E-state index in [0.29, 0.717) is 49.2 Å². The van der Waals surface area contributed by atoms with Crippen molar-refractivity contribution >= 4 is 34.8 Å².